The summed E-state index contributed by atoms with van der Waals surface area (Å²) in [5.41, 5.74) is 0.433. The van der Waals surface area contributed by atoms with Crippen LogP contribution in [0.4, 0.5) is 4.79 Å². The van der Waals surface area contributed by atoms with E-state index in [-0.39, 0.29) is 19.2 Å². The Kier molecular flexibility index (Phi) is 8.12. The number of ether oxygens (including phenoxy) is 1. The van der Waals surface area contributed by atoms with Gasteiger partial charge in [-0.3, -0.25) is 9.59 Å². The average molecular weight is 587 g/mol. The van der Waals surface area contributed by atoms with E-state index in [1.54, 1.807) is 41.3 Å². The Labute approximate surface area is 226 Å². The molecule has 12 heteroatoms. The van der Waals surface area contributed by atoms with Crippen LogP contribution in [0.2, 0.25) is 25.7 Å². The van der Waals surface area contributed by atoms with E-state index in [0.29, 0.717) is 30.0 Å². The number of imide groups is 1. The lowest BCUT2D eigenvalue weighted by Crippen LogP contribution is -2.53. The van der Waals surface area contributed by atoms with Gasteiger partial charge in [0.1, 0.15) is 12.5 Å². The quantitative estimate of drug-likeness (QED) is 0.245. The molecule has 1 fully saturated rings. The van der Waals surface area contributed by atoms with Gasteiger partial charge in [0.2, 0.25) is 0 Å². The Bertz CT molecular complexity index is 1190. The molecule has 1 N–H and O–H groups in total. The van der Waals surface area contributed by atoms with Crippen molar-refractivity contribution in [2.75, 3.05) is 27.0 Å². The highest BCUT2D eigenvalue weighted by Crippen LogP contribution is 2.35. The third-order valence-corrected chi connectivity index (χ3v) is 8.63. The normalized spacial score (nSPS) is 19.3. The third-order valence-electron chi connectivity index (χ3n) is 6.40. The lowest BCUT2D eigenvalue weighted by Gasteiger charge is -2.32. The van der Waals surface area contributed by atoms with Gasteiger partial charge in [0.25, 0.3) is 11.8 Å². The van der Waals surface area contributed by atoms with Crippen molar-refractivity contribution in [2.45, 2.75) is 37.8 Å². The summed E-state index contributed by atoms with van der Waals surface area (Å²) in [7, 11) is 1.32. The van der Waals surface area contributed by atoms with E-state index in [4.69, 9.17) is 14.0 Å². The first-order valence-corrected chi connectivity index (χ1v) is 16.5. The number of hydrogen-bond acceptors (Lipinski definition) is 6. The standard InChI is InChI=1S/C25H30BBrN3O6Si/c1-34-26-36-20-10-5-17-14-29(22(31)21(17)13-20)15-25(18-6-8-19(27)9-7-18)23(32)30(24(33)28-25)16-35-11-12-37(2,3)4/h5-10,13H,11-12,14-16H2,1-4H3,(H,28,33)/t25-/m0/s1. The molecule has 2 aromatic carbocycles. The molecule has 37 heavy (non-hydrogen) atoms. The molecule has 2 aliphatic rings. The molecule has 0 aliphatic carbocycles. The summed E-state index contributed by atoms with van der Waals surface area (Å²) in [5, 5.41) is 2.88. The summed E-state index contributed by atoms with van der Waals surface area (Å²) >= 11 is 3.42. The lowest BCUT2D eigenvalue weighted by atomic mass is 9.89. The molecule has 0 aromatic heterocycles. The lowest BCUT2D eigenvalue weighted by molar-refractivity contribution is -0.135. The van der Waals surface area contributed by atoms with Crippen LogP contribution >= 0.6 is 15.9 Å². The number of halogens is 1. The summed E-state index contributed by atoms with van der Waals surface area (Å²) in [5.74, 6) is -0.234. The molecule has 2 aliphatic heterocycles. The largest absolute Gasteiger partial charge is 0.572 e. The average Bonchev–Trinajstić information content (AvgIpc) is 3.28. The second kappa shape index (κ2) is 11.0. The van der Waals surface area contributed by atoms with E-state index in [9.17, 15) is 14.4 Å². The Morgan fingerprint density at radius 1 is 1.11 bits per heavy atom. The Morgan fingerprint density at radius 3 is 2.51 bits per heavy atom. The highest BCUT2D eigenvalue weighted by Gasteiger charge is 2.54. The molecular formula is C25H30BBrN3O6Si. The second-order valence-corrected chi connectivity index (χ2v) is 16.9. The van der Waals surface area contributed by atoms with Crippen molar-refractivity contribution in [2.24, 2.45) is 0 Å². The highest BCUT2D eigenvalue weighted by atomic mass is 79.9. The van der Waals surface area contributed by atoms with Crippen LogP contribution in [0.15, 0.2) is 46.9 Å². The smallest absolute Gasteiger partial charge is 0.537 e. The van der Waals surface area contributed by atoms with Gasteiger partial charge in [-0.15, -0.1) is 0 Å². The minimum Gasteiger partial charge on any atom is -0.537 e. The minimum absolute atomic E-state index is 0.0293. The van der Waals surface area contributed by atoms with Crippen LogP contribution in [0, 0.1) is 0 Å². The summed E-state index contributed by atoms with van der Waals surface area (Å²) in [6, 6.07) is 12.7. The van der Waals surface area contributed by atoms with Crippen molar-refractivity contribution in [1.29, 1.82) is 0 Å². The Morgan fingerprint density at radius 2 is 1.84 bits per heavy atom. The molecule has 9 nitrogen and oxygen atoms in total. The number of nitrogens with zero attached hydrogens (tertiary/aromatic N) is 2. The van der Waals surface area contributed by atoms with Crippen molar-refractivity contribution in [3.05, 3.63) is 63.6 Å². The third kappa shape index (κ3) is 5.92. The number of carbonyl (C=O) groups is 3. The first kappa shape index (κ1) is 27.4. The zero-order valence-electron chi connectivity index (χ0n) is 21.4. The molecule has 4 amide bonds. The van der Waals surface area contributed by atoms with E-state index >= 15 is 0 Å². The number of nitrogens with one attached hydrogen (secondary N) is 1. The van der Waals surface area contributed by atoms with Crippen molar-refractivity contribution >= 4 is 49.5 Å². The van der Waals surface area contributed by atoms with Gasteiger partial charge in [-0.2, -0.15) is 0 Å². The van der Waals surface area contributed by atoms with E-state index in [2.05, 4.69) is 40.9 Å². The first-order valence-electron chi connectivity index (χ1n) is 12.0. The van der Waals surface area contributed by atoms with Crippen LogP contribution in [0.3, 0.4) is 0 Å². The van der Waals surface area contributed by atoms with E-state index < -0.39 is 25.6 Å². The van der Waals surface area contributed by atoms with Crippen LogP contribution < -0.4 is 9.97 Å². The molecule has 2 aromatic rings. The molecule has 0 spiro atoms. The Hall–Kier alpha value is -2.67. The van der Waals surface area contributed by atoms with Crippen LogP contribution in [-0.4, -0.2) is 70.4 Å². The van der Waals surface area contributed by atoms with Gasteiger partial charge in [0.15, 0.2) is 5.54 Å². The van der Waals surface area contributed by atoms with Crippen LogP contribution in [0.25, 0.3) is 0 Å². The molecule has 4 rings (SSSR count). The predicted molar refractivity (Wildman–Crippen MR) is 145 cm³/mol. The van der Waals surface area contributed by atoms with Gasteiger partial charge in [-0.25, -0.2) is 9.69 Å². The molecule has 2 heterocycles. The molecule has 195 valence electrons. The summed E-state index contributed by atoms with van der Waals surface area (Å²) in [6.45, 7) is 7.31. The van der Waals surface area contributed by atoms with Crippen LogP contribution in [0.1, 0.15) is 21.5 Å². The zero-order valence-corrected chi connectivity index (χ0v) is 24.0. The zero-order chi connectivity index (χ0) is 26.8. The number of rotatable bonds is 11. The van der Waals surface area contributed by atoms with Crippen molar-refractivity contribution in [3.8, 4) is 5.75 Å². The number of fused-ring (bicyclic) bond motifs is 1. The van der Waals surface area contributed by atoms with Gasteiger partial charge < -0.3 is 24.3 Å². The number of carbonyl (C=O) groups excluding carboxylic acids is 3. The summed E-state index contributed by atoms with van der Waals surface area (Å²) in [4.78, 5) is 42.9. The first-order chi connectivity index (χ1) is 17.5. The second-order valence-electron chi connectivity index (χ2n) is 10.4. The molecule has 0 unspecified atom stereocenters. The number of hydrogen-bond donors (Lipinski definition) is 1. The topological polar surface area (TPSA) is 97.4 Å². The fourth-order valence-electron chi connectivity index (χ4n) is 4.34. The summed E-state index contributed by atoms with van der Waals surface area (Å²) < 4.78 is 16.7. The van der Waals surface area contributed by atoms with Crippen molar-refractivity contribution in [3.63, 3.8) is 0 Å². The molecule has 0 bridgehead atoms. The van der Waals surface area contributed by atoms with E-state index in [1.165, 1.54) is 14.8 Å². The number of amides is 4. The predicted octanol–water partition coefficient (Wildman–Crippen LogP) is 3.72. The molecule has 1 atom stereocenters. The maximum Gasteiger partial charge on any atom is 0.572 e. The van der Waals surface area contributed by atoms with Gasteiger partial charge in [-0.05, 0) is 41.4 Å². The van der Waals surface area contributed by atoms with Gasteiger partial charge in [0, 0.05) is 38.4 Å². The fourth-order valence-corrected chi connectivity index (χ4v) is 5.36. The molecule has 0 saturated carbocycles. The van der Waals surface area contributed by atoms with Gasteiger partial charge in [-0.1, -0.05) is 53.8 Å². The van der Waals surface area contributed by atoms with E-state index in [0.717, 1.165) is 21.0 Å². The van der Waals surface area contributed by atoms with Gasteiger partial charge in [0.05, 0.1) is 6.54 Å². The minimum atomic E-state index is -1.44. The SMILES string of the molecule is CO[B]Oc1ccc2c(c1)C(=O)N(C[C@@]1(c3ccc(Br)cc3)NC(=O)N(COCC[Si](C)(C)C)C1=O)C2. The van der Waals surface area contributed by atoms with Crippen molar-refractivity contribution in [1.82, 2.24) is 15.1 Å². The number of benzene rings is 2. The Balaban J connectivity index is 1.58. The van der Waals surface area contributed by atoms with Crippen LogP contribution in [-0.2, 0) is 26.3 Å². The number of urea groups is 1. The highest BCUT2D eigenvalue weighted by molar-refractivity contribution is 9.10. The molecule has 1 radical (unpaired) electrons. The molecular weight excluding hydrogens is 557 g/mol. The van der Waals surface area contributed by atoms with Gasteiger partial charge >= 0.3 is 13.7 Å². The fraction of sp³-hybridized carbons (Fsp3) is 0.400. The maximum atomic E-state index is 13.8. The maximum absolute atomic E-state index is 13.8. The van der Waals surface area contributed by atoms with Crippen LogP contribution in [0.5, 0.6) is 5.75 Å². The monoisotopic (exact) mass is 586 g/mol. The molecule has 1 saturated heterocycles. The van der Waals surface area contributed by atoms with E-state index in [1.807, 2.05) is 6.07 Å². The van der Waals surface area contributed by atoms with Crippen molar-refractivity contribution < 1.29 is 28.4 Å². The summed E-state index contributed by atoms with van der Waals surface area (Å²) in [6.07, 6.45) is 0.